The molecule has 0 saturated heterocycles. The van der Waals surface area contributed by atoms with Gasteiger partial charge in [0.05, 0.1) is 11.3 Å². The van der Waals surface area contributed by atoms with Crippen LogP contribution < -0.4 is 4.90 Å². The second-order valence-corrected chi connectivity index (χ2v) is 6.66. The molecule has 0 aliphatic carbocycles. The second-order valence-electron chi connectivity index (χ2n) is 5.36. The van der Waals surface area contributed by atoms with E-state index in [9.17, 15) is 9.59 Å². The van der Waals surface area contributed by atoms with Crippen molar-refractivity contribution in [2.45, 2.75) is 0 Å². The number of hydrogen-bond donors (Lipinski definition) is 1. The number of carbonyl (C=O) groups is 2. The van der Waals surface area contributed by atoms with Crippen LogP contribution in [0.15, 0.2) is 64.2 Å². The first-order valence-corrected chi connectivity index (χ1v) is 8.35. The minimum atomic E-state index is -0.507. The zero-order chi connectivity index (χ0) is 16.8. The summed E-state index contributed by atoms with van der Waals surface area (Å²) in [5, 5.41) is 0.762. The molecule has 1 N–H and O–H groups in total. The number of nitrogens with one attached hydrogen (secondary N) is 1. The third-order valence-corrected chi connectivity index (χ3v) is 4.80. The van der Waals surface area contributed by atoms with Gasteiger partial charge in [-0.25, -0.2) is 4.90 Å². The maximum Gasteiger partial charge on any atom is 0.277 e. The summed E-state index contributed by atoms with van der Waals surface area (Å²) in [7, 11) is 0. The van der Waals surface area contributed by atoms with E-state index >= 15 is 0 Å². The summed E-state index contributed by atoms with van der Waals surface area (Å²) < 4.78 is 0.879. The molecule has 0 fully saturated rings. The monoisotopic (exact) mass is 400 g/mol. The molecule has 1 aliphatic heterocycles. The fourth-order valence-corrected chi connectivity index (χ4v) is 3.48. The number of amides is 2. The SMILES string of the molecule is O=C1C(Cl)=C(c2c[nH]c3ccc(Br)cc23)C(=O)N1c1ccccc1. The number of benzene rings is 2. The Balaban J connectivity index is 1.87. The highest BCUT2D eigenvalue weighted by Gasteiger charge is 2.39. The Morgan fingerprint density at radius 1 is 1.00 bits per heavy atom. The molecule has 4 nitrogen and oxygen atoms in total. The summed E-state index contributed by atoms with van der Waals surface area (Å²) >= 11 is 9.67. The van der Waals surface area contributed by atoms with Crippen LogP contribution in [0.3, 0.4) is 0 Å². The molecule has 0 unspecified atom stereocenters. The molecule has 1 aliphatic rings. The van der Waals surface area contributed by atoms with Crippen molar-refractivity contribution in [1.29, 1.82) is 0 Å². The maximum atomic E-state index is 12.9. The average molecular weight is 402 g/mol. The van der Waals surface area contributed by atoms with Crippen LogP contribution >= 0.6 is 27.5 Å². The molecule has 118 valence electrons. The molecule has 2 amide bonds. The molecule has 0 atom stereocenters. The van der Waals surface area contributed by atoms with Crippen molar-refractivity contribution < 1.29 is 9.59 Å². The predicted octanol–water partition coefficient (Wildman–Crippen LogP) is 4.45. The lowest BCUT2D eigenvalue weighted by Gasteiger charge is -2.14. The van der Waals surface area contributed by atoms with Crippen molar-refractivity contribution in [2.24, 2.45) is 0 Å². The van der Waals surface area contributed by atoms with E-state index < -0.39 is 11.8 Å². The van der Waals surface area contributed by atoms with Gasteiger partial charge in [0.2, 0.25) is 0 Å². The van der Waals surface area contributed by atoms with Crippen LogP contribution in [-0.4, -0.2) is 16.8 Å². The van der Waals surface area contributed by atoms with Gasteiger partial charge < -0.3 is 4.98 Å². The first-order chi connectivity index (χ1) is 11.6. The number of H-pyrrole nitrogens is 1. The molecule has 6 heteroatoms. The van der Waals surface area contributed by atoms with E-state index in [1.54, 1.807) is 30.5 Å². The summed E-state index contributed by atoms with van der Waals surface area (Å²) in [6.07, 6.45) is 1.70. The van der Waals surface area contributed by atoms with E-state index in [0.29, 0.717) is 11.3 Å². The van der Waals surface area contributed by atoms with Gasteiger partial charge in [-0.2, -0.15) is 0 Å². The van der Waals surface area contributed by atoms with E-state index in [-0.39, 0.29) is 10.6 Å². The van der Waals surface area contributed by atoms with Gasteiger partial charge in [0.1, 0.15) is 5.03 Å². The molecule has 0 spiro atoms. The number of rotatable bonds is 2. The smallest absolute Gasteiger partial charge is 0.277 e. The van der Waals surface area contributed by atoms with Crippen molar-refractivity contribution in [3.05, 3.63) is 69.8 Å². The minimum absolute atomic E-state index is 0.0651. The van der Waals surface area contributed by atoms with Crippen molar-refractivity contribution in [1.82, 2.24) is 4.98 Å². The summed E-state index contributed by atoms with van der Waals surface area (Å²) in [6, 6.07) is 14.5. The highest BCUT2D eigenvalue weighted by molar-refractivity contribution is 9.10. The minimum Gasteiger partial charge on any atom is -0.361 e. The van der Waals surface area contributed by atoms with Crippen molar-refractivity contribution in [3.8, 4) is 0 Å². The van der Waals surface area contributed by atoms with Crippen LogP contribution in [0.4, 0.5) is 5.69 Å². The van der Waals surface area contributed by atoms with Crippen LogP contribution in [0.2, 0.25) is 0 Å². The number of carbonyl (C=O) groups excluding carboxylic acids is 2. The molecule has 0 radical (unpaired) electrons. The van der Waals surface area contributed by atoms with Gasteiger partial charge in [-0.1, -0.05) is 45.7 Å². The van der Waals surface area contributed by atoms with Gasteiger partial charge in [0, 0.05) is 27.1 Å². The number of hydrogen-bond acceptors (Lipinski definition) is 2. The van der Waals surface area contributed by atoms with Crippen molar-refractivity contribution in [3.63, 3.8) is 0 Å². The number of aromatic nitrogens is 1. The van der Waals surface area contributed by atoms with Crippen LogP contribution in [0.5, 0.6) is 0 Å². The van der Waals surface area contributed by atoms with Gasteiger partial charge in [-0.3, -0.25) is 9.59 Å². The highest BCUT2D eigenvalue weighted by atomic mass is 79.9. The van der Waals surface area contributed by atoms with Gasteiger partial charge >= 0.3 is 0 Å². The third-order valence-electron chi connectivity index (χ3n) is 3.95. The summed E-state index contributed by atoms with van der Waals surface area (Å²) in [5.41, 5.74) is 2.20. The lowest BCUT2D eigenvalue weighted by molar-refractivity contribution is -0.119. The standard InChI is InChI=1S/C18H10BrClN2O2/c19-10-6-7-14-12(8-10)13(9-21-14)15-16(20)18(24)22(17(15)23)11-4-2-1-3-5-11/h1-9,21H. The summed E-state index contributed by atoms with van der Waals surface area (Å²) in [4.78, 5) is 29.6. The molecular formula is C18H10BrClN2O2. The molecule has 1 aromatic heterocycles. The Bertz CT molecular complexity index is 1020. The number of aromatic amines is 1. The average Bonchev–Trinajstić information content (AvgIpc) is 3.07. The Hall–Kier alpha value is -2.37. The third kappa shape index (κ3) is 2.20. The van der Waals surface area contributed by atoms with Crippen molar-refractivity contribution >= 4 is 61.5 Å². The fourth-order valence-electron chi connectivity index (χ4n) is 2.85. The predicted molar refractivity (Wildman–Crippen MR) is 97.7 cm³/mol. The second kappa shape index (κ2) is 5.61. The summed E-state index contributed by atoms with van der Waals surface area (Å²) in [5.74, 6) is -0.927. The zero-order valence-electron chi connectivity index (χ0n) is 12.2. The molecule has 2 heterocycles. The lowest BCUT2D eigenvalue weighted by atomic mass is 10.1. The Morgan fingerprint density at radius 2 is 1.75 bits per heavy atom. The van der Waals surface area contributed by atoms with Gasteiger partial charge in [-0.15, -0.1) is 0 Å². The largest absolute Gasteiger partial charge is 0.361 e. The van der Waals surface area contributed by atoms with Crippen LogP contribution in [0.1, 0.15) is 5.56 Å². The van der Waals surface area contributed by atoms with Gasteiger partial charge in [0.25, 0.3) is 11.8 Å². The van der Waals surface area contributed by atoms with E-state index in [1.165, 1.54) is 0 Å². The highest BCUT2D eigenvalue weighted by Crippen LogP contribution is 2.38. The normalized spacial score (nSPS) is 15.0. The van der Waals surface area contributed by atoms with Crippen LogP contribution in [-0.2, 0) is 9.59 Å². The number of halogens is 2. The fraction of sp³-hybridized carbons (Fsp3) is 0. The molecule has 24 heavy (non-hydrogen) atoms. The molecular weight excluding hydrogens is 392 g/mol. The lowest BCUT2D eigenvalue weighted by Crippen LogP contribution is -2.31. The number of nitrogens with zero attached hydrogens (tertiary/aromatic N) is 1. The van der Waals surface area contributed by atoms with Crippen LogP contribution in [0, 0.1) is 0 Å². The zero-order valence-corrected chi connectivity index (χ0v) is 14.6. The van der Waals surface area contributed by atoms with E-state index in [4.69, 9.17) is 11.6 Å². The van der Waals surface area contributed by atoms with Crippen molar-refractivity contribution in [2.75, 3.05) is 4.90 Å². The topological polar surface area (TPSA) is 53.2 Å². The first-order valence-electron chi connectivity index (χ1n) is 7.18. The first kappa shape index (κ1) is 15.2. The number of fused-ring (bicyclic) bond motifs is 1. The maximum absolute atomic E-state index is 12.9. The molecule has 0 saturated carbocycles. The molecule has 2 aromatic carbocycles. The Labute approximate surface area is 150 Å². The molecule has 0 bridgehead atoms. The van der Waals surface area contributed by atoms with Gasteiger partial charge in [-0.05, 0) is 30.3 Å². The summed E-state index contributed by atoms with van der Waals surface area (Å²) in [6.45, 7) is 0. The molecule has 3 aromatic rings. The quantitative estimate of drug-likeness (QED) is 0.645. The van der Waals surface area contributed by atoms with E-state index in [2.05, 4.69) is 20.9 Å². The Kier molecular flexibility index (Phi) is 3.55. The van der Waals surface area contributed by atoms with E-state index in [0.717, 1.165) is 20.3 Å². The van der Waals surface area contributed by atoms with Gasteiger partial charge in [0.15, 0.2) is 0 Å². The molecule has 4 rings (SSSR count). The number of imide groups is 1. The Morgan fingerprint density at radius 3 is 2.50 bits per heavy atom. The number of anilines is 1. The number of para-hydroxylation sites is 1. The van der Waals surface area contributed by atoms with Crippen LogP contribution in [0.25, 0.3) is 16.5 Å². The van der Waals surface area contributed by atoms with E-state index in [1.807, 2.05) is 24.3 Å².